The molecule has 190 valence electrons. The molecular formula is C21H22F3N3O8. The third-order valence-electron chi connectivity index (χ3n) is 6.20. The average Bonchev–Trinajstić information content (AvgIpc) is 3.61. The first-order chi connectivity index (χ1) is 16.4. The topological polar surface area (TPSA) is 142 Å². The molecule has 3 rings (SSSR count). The van der Waals surface area contributed by atoms with Gasteiger partial charge >= 0.3 is 29.7 Å². The summed E-state index contributed by atoms with van der Waals surface area (Å²) < 4.78 is 59.8. The highest BCUT2D eigenvalue weighted by Crippen LogP contribution is 2.53. The fourth-order valence-electron chi connectivity index (χ4n) is 4.29. The zero-order chi connectivity index (χ0) is 26.2. The summed E-state index contributed by atoms with van der Waals surface area (Å²) in [5.41, 5.74) is -5.04. The van der Waals surface area contributed by atoms with Gasteiger partial charge in [-0.05, 0) is 11.6 Å². The first-order valence-corrected chi connectivity index (χ1v) is 10.1. The van der Waals surface area contributed by atoms with E-state index < -0.39 is 65.9 Å². The number of amides is 1. The van der Waals surface area contributed by atoms with E-state index in [9.17, 15) is 32.3 Å². The van der Waals surface area contributed by atoms with Crippen molar-refractivity contribution in [2.24, 2.45) is 21.6 Å². The number of rotatable bonds is 8. The van der Waals surface area contributed by atoms with Gasteiger partial charge in [0.25, 0.3) is 0 Å². The number of carbonyl (C=O) groups is 4. The summed E-state index contributed by atoms with van der Waals surface area (Å²) in [6.07, 6.45) is -5.80. The van der Waals surface area contributed by atoms with Crippen molar-refractivity contribution < 1.29 is 51.3 Å². The Morgan fingerprint density at radius 2 is 1.71 bits per heavy atom. The Labute approximate surface area is 196 Å². The van der Waals surface area contributed by atoms with Gasteiger partial charge in [0.05, 0.1) is 34.9 Å². The normalized spacial score (nSPS) is 24.4. The Balaban J connectivity index is 2.11. The molecule has 1 N–H and O–H groups in total. The van der Waals surface area contributed by atoms with Gasteiger partial charge < -0.3 is 24.3 Å². The van der Waals surface area contributed by atoms with Crippen molar-refractivity contribution >= 4 is 23.8 Å². The Morgan fingerprint density at radius 1 is 1.06 bits per heavy atom. The molecule has 0 saturated carbocycles. The fraction of sp³-hybridized carbons (Fsp3) is 0.524. The molecule has 1 saturated heterocycles. The Hall–Kier alpha value is -3.71. The van der Waals surface area contributed by atoms with Crippen molar-refractivity contribution in [3.8, 4) is 5.75 Å². The fourth-order valence-corrected chi connectivity index (χ4v) is 4.29. The van der Waals surface area contributed by atoms with Crippen LogP contribution in [0.25, 0.3) is 0 Å². The highest BCUT2D eigenvalue weighted by molar-refractivity contribution is 6.08. The molecule has 3 atom stereocenters. The zero-order valence-corrected chi connectivity index (χ0v) is 19.1. The molecule has 1 aromatic rings. The molecule has 0 aromatic heterocycles. The maximum absolute atomic E-state index is 13.4. The monoisotopic (exact) mass is 501 g/mol. The number of benzene rings is 1. The number of methoxy groups -OCH3 is 4. The number of hydrogen-bond donors (Lipinski definition) is 1. The Kier molecular flexibility index (Phi) is 6.77. The van der Waals surface area contributed by atoms with Crippen molar-refractivity contribution in [1.82, 2.24) is 5.32 Å². The second kappa shape index (κ2) is 9.15. The van der Waals surface area contributed by atoms with Gasteiger partial charge in [0.15, 0.2) is 5.41 Å². The molecule has 35 heavy (non-hydrogen) atoms. The van der Waals surface area contributed by atoms with Gasteiger partial charge in [-0.25, -0.2) is 4.79 Å². The van der Waals surface area contributed by atoms with Crippen LogP contribution in [0.3, 0.4) is 0 Å². The third kappa shape index (κ3) is 4.17. The van der Waals surface area contributed by atoms with Gasteiger partial charge in [-0.15, -0.1) is 10.2 Å². The van der Waals surface area contributed by atoms with Crippen molar-refractivity contribution in [3.63, 3.8) is 0 Å². The van der Waals surface area contributed by atoms with E-state index in [0.717, 1.165) is 33.5 Å². The molecule has 0 unspecified atom stereocenters. The summed E-state index contributed by atoms with van der Waals surface area (Å²) in [4.78, 5) is 50.8. The molecule has 2 aliphatic heterocycles. The van der Waals surface area contributed by atoms with Gasteiger partial charge in [0.2, 0.25) is 5.91 Å². The van der Waals surface area contributed by atoms with Crippen LogP contribution in [0, 0.1) is 11.3 Å². The standard InChI is InChI=1S/C21H22F3N3O8/c1-32-13-7-11(20(26-27-20)21(22,23)24)6-5-10(13)9-19(18(31)35-4)12(8-14(28)33-2)15(16(29)34-3)25-17(19)30/h5-7,12,15H,8-9H2,1-4H3,(H,25,30)/t12-,15+,19+/m1/s1. The highest BCUT2D eigenvalue weighted by atomic mass is 19.4. The largest absolute Gasteiger partial charge is 0.496 e. The van der Waals surface area contributed by atoms with E-state index in [1.54, 1.807) is 0 Å². The molecule has 0 spiro atoms. The summed E-state index contributed by atoms with van der Waals surface area (Å²) in [5, 5.41) is 8.67. The maximum atomic E-state index is 13.4. The lowest BCUT2D eigenvalue weighted by Gasteiger charge is -2.31. The van der Waals surface area contributed by atoms with Crippen molar-refractivity contribution in [2.75, 3.05) is 28.4 Å². The molecular weight excluding hydrogens is 479 g/mol. The number of nitrogens with one attached hydrogen (secondary N) is 1. The summed E-state index contributed by atoms with van der Waals surface area (Å²) >= 11 is 0. The number of carbonyl (C=O) groups excluding carboxylic acids is 4. The lowest BCUT2D eigenvalue weighted by atomic mass is 9.69. The number of alkyl halides is 3. The lowest BCUT2D eigenvalue weighted by Crippen LogP contribution is -2.47. The molecule has 1 amide bonds. The Morgan fingerprint density at radius 3 is 2.20 bits per heavy atom. The van der Waals surface area contributed by atoms with Gasteiger partial charge in [-0.3, -0.25) is 14.4 Å². The lowest BCUT2D eigenvalue weighted by molar-refractivity contribution is -0.166. The van der Waals surface area contributed by atoms with Crippen LogP contribution >= 0.6 is 0 Å². The van der Waals surface area contributed by atoms with E-state index >= 15 is 0 Å². The van der Waals surface area contributed by atoms with Crippen LogP contribution in [0.2, 0.25) is 0 Å². The SMILES string of the molecule is COC(=O)C[C@@H]1[C@@H](C(=O)OC)NC(=O)[C@@]1(Cc1ccc(C2(C(F)(F)F)N=N2)cc1OC)C(=O)OC. The molecule has 1 fully saturated rings. The summed E-state index contributed by atoms with van der Waals surface area (Å²) in [5.74, 6) is -5.14. The van der Waals surface area contributed by atoms with E-state index in [-0.39, 0.29) is 16.9 Å². The van der Waals surface area contributed by atoms with Gasteiger partial charge in [-0.1, -0.05) is 12.1 Å². The average molecular weight is 501 g/mol. The minimum atomic E-state index is -4.78. The number of esters is 3. The zero-order valence-electron chi connectivity index (χ0n) is 19.1. The first kappa shape index (κ1) is 25.9. The number of hydrogen-bond acceptors (Lipinski definition) is 10. The molecule has 14 heteroatoms. The maximum Gasteiger partial charge on any atom is 0.442 e. The first-order valence-electron chi connectivity index (χ1n) is 10.1. The quantitative estimate of drug-likeness (QED) is 0.320. The van der Waals surface area contributed by atoms with E-state index in [4.69, 9.17) is 14.2 Å². The predicted molar refractivity (Wildman–Crippen MR) is 108 cm³/mol. The van der Waals surface area contributed by atoms with Crippen LogP contribution in [0.4, 0.5) is 13.2 Å². The summed E-state index contributed by atoms with van der Waals surface area (Å²) in [6, 6.07) is 1.97. The Bertz CT molecular complexity index is 1080. The van der Waals surface area contributed by atoms with Crippen LogP contribution in [0.15, 0.2) is 28.4 Å². The number of halogens is 3. The highest BCUT2D eigenvalue weighted by Gasteiger charge is 2.66. The second-order valence-electron chi connectivity index (χ2n) is 7.90. The molecule has 2 heterocycles. The molecule has 11 nitrogen and oxygen atoms in total. The van der Waals surface area contributed by atoms with Crippen LogP contribution in [-0.4, -0.2) is 64.5 Å². The van der Waals surface area contributed by atoms with Crippen LogP contribution in [-0.2, 0) is 45.5 Å². The molecule has 0 bridgehead atoms. The number of ether oxygens (including phenoxy) is 4. The van der Waals surface area contributed by atoms with Gasteiger partial charge in [0.1, 0.15) is 11.8 Å². The van der Waals surface area contributed by atoms with E-state index in [1.165, 1.54) is 13.2 Å². The summed E-state index contributed by atoms with van der Waals surface area (Å²) in [6.45, 7) is 0. The minimum absolute atomic E-state index is 0.0992. The van der Waals surface area contributed by atoms with E-state index in [1.807, 2.05) is 0 Å². The predicted octanol–water partition coefficient (Wildman–Crippen LogP) is 1.43. The van der Waals surface area contributed by atoms with Gasteiger partial charge in [-0.2, -0.15) is 13.2 Å². The van der Waals surface area contributed by atoms with E-state index in [0.29, 0.717) is 0 Å². The smallest absolute Gasteiger partial charge is 0.442 e. The van der Waals surface area contributed by atoms with Crippen molar-refractivity contribution in [2.45, 2.75) is 30.7 Å². The molecule has 0 radical (unpaired) electrons. The van der Waals surface area contributed by atoms with Crippen molar-refractivity contribution in [1.29, 1.82) is 0 Å². The molecule has 1 aromatic carbocycles. The van der Waals surface area contributed by atoms with Crippen LogP contribution in [0.1, 0.15) is 17.5 Å². The second-order valence-corrected chi connectivity index (χ2v) is 7.90. The molecule has 2 aliphatic rings. The van der Waals surface area contributed by atoms with Crippen LogP contribution in [0.5, 0.6) is 5.75 Å². The third-order valence-corrected chi connectivity index (χ3v) is 6.20. The van der Waals surface area contributed by atoms with Crippen molar-refractivity contribution in [3.05, 3.63) is 29.3 Å². The van der Waals surface area contributed by atoms with Crippen LogP contribution < -0.4 is 10.1 Å². The minimum Gasteiger partial charge on any atom is -0.496 e. The number of nitrogens with zero attached hydrogens (tertiary/aromatic N) is 2. The van der Waals surface area contributed by atoms with E-state index in [2.05, 4.69) is 20.3 Å². The molecule has 0 aliphatic carbocycles. The van der Waals surface area contributed by atoms with Gasteiger partial charge in [0, 0.05) is 17.9 Å². The summed E-state index contributed by atoms with van der Waals surface area (Å²) in [7, 11) is 4.36.